The number of nitrogen functional groups attached to an aromatic ring is 1. The highest BCUT2D eigenvalue weighted by Crippen LogP contribution is 2.54. The number of hydrogen-bond donors (Lipinski definition) is 1. The molecule has 200 valence electrons. The standard InChI is InChI=1S/C28H30F2N4O4/c1-27(2,3)38-26(37)33-10-8-28(9-11-33)13-17(14-28)34-15-32-21-7-4-16(12-18(21)25(34)36)24(35)22-19(29)5-6-20(31)23(22)30/h4-7,12,15,17H,8-11,13-14,31H2,1-3H3. The molecule has 1 aliphatic heterocycles. The maximum Gasteiger partial charge on any atom is 0.410 e. The van der Waals surface area contributed by atoms with Crippen molar-refractivity contribution >= 4 is 28.5 Å². The third-order valence-electron chi connectivity index (χ3n) is 7.60. The van der Waals surface area contributed by atoms with E-state index in [1.54, 1.807) is 9.47 Å². The Morgan fingerprint density at radius 2 is 1.79 bits per heavy atom. The first-order valence-electron chi connectivity index (χ1n) is 12.6. The molecule has 1 aliphatic carbocycles. The van der Waals surface area contributed by atoms with Gasteiger partial charge in [-0.2, -0.15) is 0 Å². The molecule has 10 heteroatoms. The number of carbonyl (C=O) groups excluding carboxylic acids is 2. The van der Waals surface area contributed by atoms with Gasteiger partial charge in [-0.25, -0.2) is 18.6 Å². The van der Waals surface area contributed by atoms with Crippen LogP contribution < -0.4 is 11.3 Å². The first-order valence-corrected chi connectivity index (χ1v) is 12.6. The van der Waals surface area contributed by atoms with E-state index >= 15 is 0 Å². The Balaban J connectivity index is 1.33. The molecule has 1 spiro atoms. The number of rotatable bonds is 3. The Morgan fingerprint density at radius 1 is 1.11 bits per heavy atom. The van der Waals surface area contributed by atoms with Gasteiger partial charge in [0.15, 0.2) is 11.6 Å². The summed E-state index contributed by atoms with van der Waals surface area (Å²) >= 11 is 0. The average Bonchev–Trinajstić information content (AvgIpc) is 2.84. The van der Waals surface area contributed by atoms with Crippen molar-refractivity contribution in [2.75, 3.05) is 18.8 Å². The molecule has 0 atom stereocenters. The van der Waals surface area contributed by atoms with E-state index in [9.17, 15) is 23.2 Å². The van der Waals surface area contributed by atoms with Crippen molar-refractivity contribution in [1.29, 1.82) is 0 Å². The molecule has 0 radical (unpaired) electrons. The lowest BCUT2D eigenvalue weighted by molar-refractivity contribution is -0.0241. The van der Waals surface area contributed by atoms with Gasteiger partial charge >= 0.3 is 6.09 Å². The number of nitrogens with zero attached hydrogens (tertiary/aromatic N) is 3. The quantitative estimate of drug-likeness (QED) is 0.388. The van der Waals surface area contributed by atoms with Crippen LogP contribution in [0.2, 0.25) is 0 Å². The molecule has 0 unspecified atom stereocenters. The van der Waals surface area contributed by atoms with Gasteiger partial charge in [-0.3, -0.25) is 14.2 Å². The second kappa shape index (κ2) is 9.18. The number of fused-ring (bicyclic) bond motifs is 1. The summed E-state index contributed by atoms with van der Waals surface area (Å²) in [4.78, 5) is 44.8. The summed E-state index contributed by atoms with van der Waals surface area (Å²) in [5, 5.41) is 0.198. The van der Waals surface area contributed by atoms with Crippen LogP contribution in [0, 0.1) is 17.0 Å². The molecule has 1 saturated carbocycles. The van der Waals surface area contributed by atoms with Crippen LogP contribution in [-0.2, 0) is 4.74 Å². The zero-order valence-electron chi connectivity index (χ0n) is 21.6. The Morgan fingerprint density at radius 3 is 2.45 bits per heavy atom. The molecule has 5 rings (SSSR count). The number of piperidine rings is 1. The fourth-order valence-electron chi connectivity index (χ4n) is 5.49. The van der Waals surface area contributed by atoms with Gasteiger partial charge in [-0.15, -0.1) is 0 Å². The lowest BCUT2D eigenvalue weighted by Gasteiger charge is -2.52. The lowest BCUT2D eigenvalue weighted by Crippen LogP contribution is -2.51. The third-order valence-corrected chi connectivity index (χ3v) is 7.60. The van der Waals surface area contributed by atoms with Gasteiger partial charge in [0, 0.05) is 24.7 Å². The fraction of sp³-hybridized carbons (Fsp3) is 0.429. The van der Waals surface area contributed by atoms with Crippen LogP contribution >= 0.6 is 0 Å². The van der Waals surface area contributed by atoms with Crippen LogP contribution in [0.1, 0.15) is 68.4 Å². The number of ether oxygens (including phenoxy) is 1. The number of halogens is 2. The topological polar surface area (TPSA) is 108 Å². The molecule has 2 aliphatic rings. The molecule has 38 heavy (non-hydrogen) atoms. The number of hydrogen-bond acceptors (Lipinski definition) is 6. The third kappa shape index (κ3) is 4.63. The molecular weight excluding hydrogens is 494 g/mol. The minimum atomic E-state index is -1.13. The number of aromatic nitrogens is 2. The predicted molar refractivity (Wildman–Crippen MR) is 138 cm³/mol. The van der Waals surface area contributed by atoms with E-state index in [1.165, 1.54) is 24.5 Å². The molecule has 1 saturated heterocycles. The van der Waals surface area contributed by atoms with Crippen LogP contribution in [0.5, 0.6) is 0 Å². The monoisotopic (exact) mass is 524 g/mol. The van der Waals surface area contributed by atoms with Crippen molar-refractivity contribution in [3.63, 3.8) is 0 Å². The summed E-state index contributed by atoms with van der Waals surface area (Å²) in [7, 11) is 0. The van der Waals surface area contributed by atoms with Crippen molar-refractivity contribution in [3.8, 4) is 0 Å². The number of carbonyl (C=O) groups is 2. The second-order valence-corrected chi connectivity index (χ2v) is 11.4. The first-order chi connectivity index (χ1) is 17.9. The van der Waals surface area contributed by atoms with E-state index in [1.807, 2.05) is 20.8 Å². The van der Waals surface area contributed by atoms with Crippen molar-refractivity contribution < 1.29 is 23.1 Å². The maximum atomic E-state index is 14.4. The van der Waals surface area contributed by atoms with Crippen molar-refractivity contribution in [3.05, 3.63) is 69.8 Å². The Hall–Kier alpha value is -3.82. The van der Waals surface area contributed by atoms with Crippen molar-refractivity contribution in [1.82, 2.24) is 14.5 Å². The number of ketones is 1. The van der Waals surface area contributed by atoms with E-state index in [-0.39, 0.29) is 39.7 Å². The molecule has 2 aromatic carbocycles. The smallest absolute Gasteiger partial charge is 0.410 e. The minimum Gasteiger partial charge on any atom is -0.444 e. The molecule has 3 aromatic rings. The lowest BCUT2D eigenvalue weighted by atomic mass is 9.60. The number of anilines is 1. The zero-order valence-corrected chi connectivity index (χ0v) is 21.6. The van der Waals surface area contributed by atoms with E-state index in [4.69, 9.17) is 10.5 Å². The van der Waals surface area contributed by atoms with Crippen molar-refractivity contribution in [2.24, 2.45) is 5.41 Å². The van der Waals surface area contributed by atoms with E-state index in [0.29, 0.717) is 18.6 Å². The van der Waals surface area contributed by atoms with Gasteiger partial charge in [0.2, 0.25) is 0 Å². The van der Waals surface area contributed by atoms with E-state index in [2.05, 4.69) is 4.98 Å². The van der Waals surface area contributed by atoms with E-state index in [0.717, 1.165) is 37.8 Å². The van der Waals surface area contributed by atoms with Gasteiger partial charge < -0.3 is 15.4 Å². The highest BCUT2D eigenvalue weighted by Gasteiger charge is 2.47. The Labute approximate surface area is 218 Å². The number of amides is 1. The summed E-state index contributed by atoms with van der Waals surface area (Å²) in [6.45, 7) is 6.74. The molecular formula is C28H30F2N4O4. The molecule has 2 heterocycles. The SMILES string of the molecule is CC(C)(C)OC(=O)N1CCC2(CC1)CC(n1cnc3ccc(C(=O)c4c(F)ccc(N)c4F)cc3c1=O)C2. The van der Waals surface area contributed by atoms with Gasteiger partial charge in [0.1, 0.15) is 11.4 Å². The first kappa shape index (κ1) is 25.8. The molecule has 0 bridgehead atoms. The summed E-state index contributed by atoms with van der Waals surface area (Å²) in [5.41, 5.74) is 3.97. The van der Waals surface area contributed by atoms with E-state index < -0.39 is 28.6 Å². The normalized spacial score (nSPS) is 17.4. The number of nitrogens with two attached hydrogens (primary N) is 1. The molecule has 1 amide bonds. The number of benzene rings is 2. The average molecular weight is 525 g/mol. The Bertz CT molecular complexity index is 1500. The minimum absolute atomic E-state index is 0.0304. The van der Waals surface area contributed by atoms with Crippen LogP contribution in [0.25, 0.3) is 10.9 Å². The van der Waals surface area contributed by atoms with Gasteiger partial charge in [0.25, 0.3) is 5.56 Å². The van der Waals surface area contributed by atoms with Crippen LogP contribution in [0.3, 0.4) is 0 Å². The largest absolute Gasteiger partial charge is 0.444 e. The molecule has 8 nitrogen and oxygen atoms in total. The highest BCUT2D eigenvalue weighted by atomic mass is 19.1. The number of likely N-dealkylation sites (tertiary alicyclic amines) is 1. The van der Waals surface area contributed by atoms with Gasteiger partial charge in [-0.05, 0) is 82.2 Å². The fourth-order valence-corrected chi connectivity index (χ4v) is 5.49. The van der Waals surface area contributed by atoms with Gasteiger partial charge in [0.05, 0.1) is 28.5 Å². The predicted octanol–water partition coefficient (Wildman–Crippen LogP) is 4.84. The van der Waals surface area contributed by atoms with Crippen LogP contribution in [-0.4, -0.2) is 45.0 Å². The summed E-state index contributed by atoms with van der Waals surface area (Å²) < 4.78 is 35.8. The summed E-state index contributed by atoms with van der Waals surface area (Å²) in [5.74, 6) is -3.05. The molecule has 2 fully saturated rings. The van der Waals surface area contributed by atoms with Crippen molar-refractivity contribution in [2.45, 2.75) is 58.1 Å². The van der Waals surface area contributed by atoms with Crippen LogP contribution in [0.4, 0.5) is 19.3 Å². The van der Waals surface area contributed by atoms with Crippen LogP contribution in [0.15, 0.2) is 41.5 Å². The van der Waals surface area contributed by atoms with Gasteiger partial charge in [-0.1, -0.05) is 0 Å². The summed E-state index contributed by atoms with van der Waals surface area (Å²) in [6, 6.07) is 6.14. The summed E-state index contributed by atoms with van der Waals surface area (Å²) in [6.07, 6.45) is 4.42. The maximum absolute atomic E-state index is 14.4. The molecule has 2 N–H and O–H groups in total. The Kier molecular flexibility index (Phi) is 6.24. The zero-order chi connectivity index (χ0) is 27.4. The second-order valence-electron chi connectivity index (χ2n) is 11.4. The highest BCUT2D eigenvalue weighted by molar-refractivity contribution is 6.11. The molecule has 1 aromatic heterocycles.